The molecule has 118 valence electrons. The van der Waals surface area contributed by atoms with Gasteiger partial charge in [0, 0.05) is 38.4 Å². The molecule has 0 radical (unpaired) electrons. The Morgan fingerprint density at radius 1 is 0.952 bits per heavy atom. The van der Waals surface area contributed by atoms with Gasteiger partial charge in [-0.25, -0.2) is 0 Å². The van der Waals surface area contributed by atoms with Gasteiger partial charge in [0.25, 0.3) is 0 Å². The Kier molecular flexibility index (Phi) is 6.07. The normalized spacial score (nSPS) is 17.0. The van der Waals surface area contributed by atoms with E-state index in [4.69, 9.17) is 4.74 Å². The van der Waals surface area contributed by atoms with Crippen molar-refractivity contribution in [1.82, 2.24) is 4.90 Å². The molecule has 1 aromatic carbocycles. The van der Waals surface area contributed by atoms with E-state index in [-0.39, 0.29) is 0 Å². The van der Waals surface area contributed by atoms with Crippen LogP contribution in [0.1, 0.15) is 39.2 Å². The minimum atomic E-state index is 0.339. The number of piperazine rings is 1. The molecule has 0 aliphatic carbocycles. The molecule has 1 fully saturated rings. The molecule has 3 nitrogen and oxygen atoms in total. The van der Waals surface area contributed by atoms with Crippen LogP contribution in [0.25, 0.3) is 0 Å². The lowest BCUT2D eigenvalue weighted by atomic mass is 10.0. The monoisotopic (exact) mass is 290 g/mol. The van der Waals surface area contributed by atoms with E-state index in [1.807, 2.05) is 0 Å². The van der Waals surface area contributed by atoms with E-state index >= 15 is 0 Å². The molecule has 1 saturated heterocycles. The standard InChI is InChI=1S/C18H30N2O/c1-15(2)17-5-7-18(8-6-17)20-11-9-19(10-12-20)13-14-21-16(3)4/h5-8,15-16H,9-14H2,1-4H3. The van der Waals surface area contributed by atoms with Crippen molar-refractivity contribution in [1.29, 1.82) is 0 Å². The lowest BCUT2D eigenvalue weighted by molar-refractivity contribution is 0.0579. The quantitative estimate of drug-likeness (QED) is 0.799. The van der Waals surface area contributed by atoms with E-state index in [0.29, 0.717) is 12.0 Å². The third-order valence-corrected chi connectivity index (χ3v) is 4.16. The van der Waals surface area contributed by atoms with Crippen LogP contribution in [-0.2, 0) is 4.74 Å². The van der Waals surface area contributed by atoms with Crippen LogP contribution in [0.2, 0.25) is 0 Å². The predicted octanol–water partition coefficient (Wildman–Crippen LogP) is 3.36. The maximum absolute atomic E-state index is 5.64. The highest BCUT2D eigenvalue weighted by Gasteiger charge is 2.17. The van der Waals surface area contributed by atoms with E-state index in [1.165, 1.54) is 11.3 Å². The van der Waals surface area contributed by atoms with Gasteiger partial charge in [0.05, 0.1) is 12.7 Å². The molecular weight excluding hydrogens is 260 g/mol. The van der Waals surface area contributed by atoms with Crippen molar-refractivity contribution in [3.63, 3.8) is 0 Å². The molecule has 1 heterocycles. The minimum absolute atomic E-state index is 0.339. The number of benzene rings is 1. The summed E-state index contributed by atoms with van der Waals surface area (Å²) in [5.74, 6) is 0.608. The van der Waals surface area contributed by atoms with Gasteiger partial charge in [0.15, 0.2) is 0 Å². The topological polar surface area (TPSA) is 15.7 Å². The molecule has 0 aromatic heterocycles. The Morgan fingerprint density at radius 2 is 1.57 bits per heavy atom. The molecule has 0 atom stereocenters. The Labute approximate surface area is 129 Å². The van der Waals surface area contributed by atoms with Crippen LogP contribution in [0.5, 0.6) is 0 Å². The number of hydrogen-bond donors (Lipinski definition) is 0. The van der Waals surface area contributed by atoms with E-state index in [1.54, 1.807) is 0 Å². The largest absolute Gasteiger partial charge is 0.377 e. The van der Waals surface area contributed by atoms with Gasteiger partial charge in [-0.05, 0) is 37.5 Å². The summed E-state index contributed by atoms with van der Waals surface area (Å²) in [6, 6.07) is 9.07. The summed E-state index contributed by atoms with van der Waals surface area (Å²) in [5.41, 5.74) is 2.78. The Bertz CT molecular complexity index is 406. The highest BCUT2D eigenvalue weighted by atomic mass is 16.5. The van der Waals surface area contributed by atoms with E-state index in [9.17, 15) is 0 Å². The second-order valence-corrected chi connectivity index (χ2v) is 6.49. The summed E-state index contributed by atoms with van der Waals surface area (Å²) in [5, 5.41) is 0. The van der Waals surface area contributed by atoms with Crippen molar-refractivity contribution in [2.24, 2.45) is 0 Å². The zero-order chi connectivity index (χ0) is 15.2. The third kappa shape index (κ3) is 5.01. The second-order valence-electron chi connectivity index (χ2n) is 6.49. The first-order chi connectivity index (χ1) is 10.1. The van der Waals surface area contributed by atoms with E-state index in [0.717, 1.165) is 39.3 Å². The number of nitrogens with zero attached hydrogens (tertiary/aromatic N) is 2. The summed E-state index contributed by atoms with van der Waals surface area (Å²) in [7, 11) is 0. The molecule has 1 aliphatic rings. The van der Waals surface area contributed by atoms with Crippen LogP contribution < -0.4 is 4.90 Å². The average Bonchev–Trinajstić information content (AvgIpc) is 2.48. The third-order valence-electron chi connectivity index (χ3n) is 4.16. The zero-order valence-corrected chi connectivity index (χ0v) is 14.0. The van der Waals surface area contributed by atoms with Gasteiger partial charge in [0.2, 0.25) is 0 Å². The Hall–Kier alpha value is -1.06. The Balaban J connectivity index is 1.78. The number of hydrogen-bond acceptors (Lipinski definition) is 3. The smallest absolute Gasteiger partial charge is 0.0596 e. The van der Waals surface area contributed by atoms with Crippen LogP contribution in [0.15, 0.2) is 24.3 Å². The number of rotatable bonds is 6. The maximum atomic E-state index is 5.64. The molecule has 3 heteroatoms. The van der Waals surface area contributed by atoms with Crippen molar-refractivity contribution in [3.05, 3.63) is 29.8 Å². The van der Waals surface area contributed by atoms with Gasteiger partial charge in [-0.3, -0.25) is 4.90 Å². The van der Waals surface area contributed by atoms with Crippen LogP contribution in [0.3, 0.4) is 0 Å². The summed E-state index contributed by atoms with van der Waals surface area (Å²) in [4.78, 5) is 4.99. The summed E-state index contributed by atoms with van der Waals surface area (Å²) >= 11 is 0. The van der Waals surface area contributed by atoms with Gasteiger partial charge in [-0.1, -0.05) is 26.0 Å². The summed E-state index contributed by atoms with van der Waals surface area (Å²) in [6.45, 7) is 15.1. The minimum Gasteiger partial charge on any atom is -0.377 e. The maximum Gasteiger partial charge on any atom is 0.0596 e. The van der Waals surface area contributed by atoms with E-state index in [2.05, 4.69) is 61.8 Å². The number of ether oxygens (including phenoxy) is 1. The van der Waals surface area contributed by atoms with Crippen LogP contribution in [-0.4, -0.2) is 50.3 Å². The molecule has 0 spiro atoms. The molecule has 0 N–H and O–H groups in total. The molecule has 0 saturated carbocycles. The van der Waals surface area contributed by atoms with Gasteiger partial charge >= 0.3 is 0 Å². The molecule has 21 heavy (non-hydrogen) atoms. The second kappa shape index (κ2) is 7.81. The first kappa shape index (κ1) is 16.3. The van der Waals surface area contributed by atoms with Crippen molar-refractivity contribution < 1.29 is 4.74 Å². The lowest BCUT2D eigenvalue weighted by Crippen LogP contribution is -2.47. The summed E-state index contributed by atoms with van der Waals surface area (Å²) < 4.78 is 5.64. The fourth-order valence-corrected chi connectivity index (χ4v) is 2.72. The Morgan fingerprint density at radius 3 is 2.10 bits per heavy atom. The molecule has 0 amide bonds. The highest BCUT2D eigenvalue weighted by Crippen LogP contribution is 2.21. The van der Waals surface area contributed by atoms with Gasteiger partial charge < -0.3 is 9.64 Å². The van der Waals surface area contributed by atoms with E-state index < -0.39 is 0 Å². The van der Waals surface area contributed by atoms with Crippen LogP contribution in [0.4, 0.5) is 5.69 Å². The summed E-state index contributed by atoms with van der Waals surface area (Å²) in [6.07, 6.45) is 0.339. The fourth-order valence-electron chi connectivity index (χ4n) is 2.72. The van der Waals surface area contributed by atoms with Crippen molar-refractivity contribution in [2.45, 2.75) is 39.7 Å². The van der Waals surface area contributed by atoms with Gasteiger partial charge in [-0.15, -0.1) is 0 Å². The van der Waals surface area contributed by atoms with Gasteiger partial charge in [-0.2, -0.15) is 0 Å². The van der Waals surface area contributed by atoms with Crippen molar-refractivity contribution >= 4 is 5.69 Å². The molecule has 2 rings (SSSR count). The average molecular weight is 290 g/mol. The molecule has 0 unspecified atom stereocenters. The first-order valence-corrected chi connectivity index (χ1v) is 8.25. The fraction of sp³-hybridized carbons (Fsp3) is 0.667. The van der Waals surface area contributed by atoms with Crippen LogP contribution >= 0.6 is 0 Å². The molecule has 0 bridgehead atoms. The molecular formula is C18H30N2O. The number of anilines is 1. The zero-order valence-electron chi connectivity index (χ0n) is 14.0. The molecule has 1 aromatic rings. The first-order valence-electron chi connectivity index (χ1n) is 8.25. The van der Waals surface area contributed by atoms with Gasteiger partial charge in [0.1, 0.15) is 0 Å². The SMILES string of the molecule is CC(C)OCCN1CCN(c2ccc(C(C)C)cc2)CC1. The van der Waals surface area contributed by atoms with Crippen molar-refractivity contribution in [3.8, 4) is 0 Å². The van der Waals surface area contributed by atoms with Crippen LogP contribution in [0, 0.1) is 0 Å². The predicted molar refractivity (Wildman–Crippen MR) is 90.3 cm³/mol. The highest BCUT2D eigenvalue weighted by molar-refractivity contribution is 5.48. The molecule has 1 aliphatic heterocycles. The lowest BCUT2D eigenvalue weighted by Gasteiger charge is -2.36. The van der Waals surface area contributed by atoms with Crippen molar-refractivity contribution in [2.75, 3.05) is 44.2 Å².